The first-order chi connectivity index (χ1) is 21.8. The highest BCUT2D eigenvalue weighted by molar-refractivity contribution is 6.07. The quantitative estimate of drug-likeness (QED) is 0.317. The highest BCUT2D eigenvalue weighted by Crippen LogP contribution is 2.36. The van der Waals surface area contributed by atoms with E-state index in [1.54, 1.807) is 18.1 Å². The maximum absolute atomic E-state index is 15.3. The van der Waals surface area contributed by atoms with E-state index in [9.17, 15) is 14.7 Å². The first-order valence-electron chi connectivity index (χ1n) is 16.2. The molecule has 8 heteroatoms. The minimum absolute atomic E-state index is 0.115. The maximum atomic E-state index is 15.3. The smallest absolute Gasteiger partial charge is 0.274 e. The molecule has 1 N–H and O–H groups in total. The van der Waals surface area contributed by atoms with Gasteiger partial charge in [-0.3, -0.25) is 9.59 Å². The summed E-state index contributed by atoms with van der Waals surface area (Å²) in [5.41, 5.74) is 7.94. The number of benzene rings is 2. The number of aromatic nitrogens is 2. The monoisotopic (exact) mass is 608 g/mol. The summed E-state index contributed by atoms with van der Waals surface area (Å²) in [5.74, 6) is -0.108. The van der Waals surface area contributed by atoms with Gasteiger partial charge in [0.1, 0.15) is 11.5 Å². The van der Waals surface area contributed by atoms with E-state index >= 15 is 4.39 Å². The molecule has 3 aliphatic rings. The number of halogens is 1. The van der Waals surface area contributed by atoms with Gasteiger partial charge in [0.15, 0.2) is 0 Å². The van der Waals surface area contributed by atoms with Crippen molar-refractivity contribution in [1.29, 1.82) is 0 Å². The Balaban J connectivity index is 1.20. The number of aliphatic hydroxyl groups is 1. The molecule has 2 aliphatic heterocycles. The molecule has 2 aromatic heterocycles. The van der Waals surface area contributed by atoms with Crippen LogP contribution in [0.4, 0.5) is 10.1 Å². The van der Waals surface area contributed by atoms with Crippen LogP contribution in [0, 0.1) is 5.82 Å². The van der Waals surface area contributed by atoms with Gasteiger partial charge >= 0.3 is 0 Å². The fourth-order valence-electron chi connectivity index (χ4n) is 7.68. The molecule has 0 saturated carbocycles. The molecule has 1 amide bonds. The van der Waals surface area contributed by atoms with Gasteiger partial charge in [-0.2, -0.15) is 0 Å². The Morgan fingerprint density at radius 2 is 1.67 bits per heavy atom. The zero-order valence-electron chi connectivity index (χ0n) is 26.2. The van der Waals surface area contributed by atoms with Gasteiger partial charge in [-0.05, 0) is 117 Å². The number of rotatable bonds is 6. The number of amides is 1. The normalized spacial score (nSPS) is 17.4. The standard InChI is InChI=1S/C37H41FN4O3/c1-39-13-11-26(12-14-39)25-9-7-24(8-10-25)17-28-18-29(22-40(2)36(28)44)31-20-30(38)21-34(32(31)23-43)42-16-15-41-33-6-4-3-5-27(33)19-35(41)37(42)45/h7-10,18-22,26,43H,3-6,11-17,23H2,1-2H3. The number of hydrogen-bond donors (Lipinski definition) is 1. The van der Waals surface area contributed by atoms with Crippen molar-refractivity contribution in [1.82, 2.24) is 14.0 Å². The molecular formula is C37H41FN4O3. The Hall–Kier alpha value is -4.01. The molecule has 4 aromatic rings. The van der Waals surface area contributed by atoms with Crippen LogP contribution in [0.1, 0.15) is 75.6 Å². The number of hydrogen-bond acceptors (Lipinski definition) is 4. The molecule has 234 valence electrons. The van der Waals surface area contributed by atoms with E-state index in [0.29, 0.717) is 59.1 Å². The second-order valence-electron chi connectivity index (χ2n) is 13.1. The number of fused-ring (bicyclic) bond motifs is 3. The van der Waals surface area contributed by atoms with E-state index in [1.165, 1.54) is 33.5 Å². The molecule has 45 heavy (non-hydrogen) atoms. The number of anilines is 1. The van der Waals surface area contributed by atoms with E-state index < -0.39 is 5.82 Å². The van der Waals surface area contributed by atoms with E-state index in [4.69, 9.17) is 0 Å². The molecule has 4 heterocycles. The lowest BCUT2D eigenvalue weighted by Gasteiger charge is -2.31. The van der Waals surface area contributed by atoms with Crippen molar-refractivity contribution < 1.29 is 14.3 Å². The van der Waals surface area contributed by atoms with Crippen LogP contribution in [-0.2, 0) is 39.5 Å². The van der Waals surface area contributed by atoms with Crippen molar-refractivity contribution in [3.63, 3.8) is 0 Å². The van der Waals surface area contributed by atoms with E-state index in [1.807, 2.05) is 12.1 Å². The second kappa shape index (κ2) is 12.1. The molecule has 0 unspecified atom stereocenters. The van der Waals surface area contributed by atoms with Crippen LogP contribution in [0.3, 0.4) is 0 Å². The minimum Gasteiger partial charge on any atom is -0.392 e. The average Bonchev–Trinajstić information content (AvgIpc) is 3.43. The van der Waals surface area contributed by atoms with Crippen LogP contribution in [0.2, 0.25) is 0 Å². The summed E-state index contributed by atoms with van der Waals surface area (Å²) in [5, 5.41) is 10.6. The van der Waals surface area contributed by atoms with Crippen LogP contribution in [0.5, 0.6) is 0 Å². The van der Waals surface area contributed by atoms with Crippen molar-refractivity contribution in [2.75, 3.05) is 31.6 Å². The van der Waals surface area contributed by atoms with Gasteiger partial charge in [0.05, 0.1) is 12.3 Å². The minimum atomic E-state index is -0.495. The molecule has 1 saturated heterocycles. The van der Waals surface area contributed by atoms with Gasteiger partial charge in [0.25, 0.3) is 11.5 Å². The number of nitrogens with zero attached hydrogens (tertiary/aromatic N) is 4. The molecule has 7 rings (SSSR count). The van der Waals surface area contributed by atoms with E-state index in [-0.39, 0.29) is 18.1 Å². The van der Waals surface area contributed by atoms with Crippen molar-refractivity contribution >= 4 is 11.6 Å². The molecular weight excluding hydrogens is 567 g/mol. The maximum Gasteiger partial charge on any atom is 0.274 e. The van der Waals surface area contributed by atoms with Crippen molar-refractivity contribution in [3.8, 4) is 11.1 Å². The summed E-state index contributed by atoms with van der Waals surface area (Å²) in [6.45, 7) is 2.87. The highest BCUT2D eigenvalue weighted by atomic mass is 19.1. The molecule has 1 aliphatic carbocycles. The Kier molecular flexibility index (Phi) is 7.96. The predicted molar refractivity (Wildman–Crippen MR) is 174 cm³/mol. The molecule has 0 atom stereocenters. The first-order valence-corrected chi connectivity index (χ1v) is 16.2. The summed E-state index contributed by atoms with van der Waals surface area (Å²) in [6, 6.07) is 15.1. The summed E-state index contributed by atoms with van der Waals surface area (Å²) in [7, 11) is 3.86. The number of carbonyl (C=O) groups excluding carboxylic acids is 1. The van der Waals surface area contributed by atoms with Crippen LogP contribution < -0.4 is 10.5 Å². The summed E-state index contributed by atoms with van der Waals surface area (Å²) in [4.78, 5) is 31.0. The van der Waals surface area contributed by atoms with Gasteiger partial charge in [-0.1, -0.05) is 24.3 Å². The van der Waals surface area contributed by atoms with Gasteiger partial charge in [0, 0.05) is 49.6 Å². The molecule has 1 fully saturated rings. The lowest BCUT2D eigenvalue weighted by Crippen LogP contribution is -2.41. The zero-order valence-corrected chi connectivity index (χ0v) is 26.2. The van der Waals surface area contributed by atoms with Crippen LogP contribution in [0.15, 0.2) is 59.5 Å². The first kappa shape index (κ1) is 29.7. The lowest BCUT2D eigenvalue weighted by atomic mass is 9.88. The second-order valence-corrected chi connectivity index (χ2v) is 13.1. The summed E-state index contributed by atoms with van der Waals surface area (Å²) < 4.78 is 19.0. The van der Waals surface area contributed by atoms with E-state index in [0.717, 1.165) is 57.2 Å². The van der Waals surface area contributed by atoms with Gasteiger partial charge < -0.3 is 24.0 Å². The fraction of sp³-hybridized carbons (Fsp3) is 0.405. The number of piperidine rings is 1. The SMILES string of the molecule is CN1CCC(c2ccc(Cc3cc(-c4cc(F)cc(N5CCn6c(cc7c6CCCC7)C5=O)c4CO)cn(C)c3=O)cc2)CC1. The Bertz CT molecular complexity index is 1810. The van der Waals surface area contributed by atoms with Gasteiger partial charge in [0.2, 0.25) is 0 Å². The van der Waals surface area contributed by atoms with Gasteiger partial charge in [-0.15, -0.1) is 0 Å². The number of aryl methyl sites for hydroxylation is 2. The molecule has 0 spiro atoms. The predicted octanol–water partition coefficient (Wildman–Crippen LogP) is 5.42. The number of likely N-dealkylation sites (tertiary alicyclic amines) is 1. The van der Waals surface area contributed by atoms with Crippen molar-refractivity contribution in [2.24, 2.45) is 7.05 Å². The third-order valence-electron chi connectivity index (χ3n) is 10.2. The summed E-state index contributed by atoms with van der Waals surface area (Å²) in [6.07, 6.45) is 8.64. The van der Waals surface area contributed by atoms with Crippen LogP contribution >= 0.6 is 0 Å². The number of pyridine rings is 1. The number of carbonyl (C=O) groups is 1. The zero-order chi connectivity index (χ0) is 31.2. The lowest BCUT2D eigenvalue weighted by molar-refractivity contribution is 0.0964. The molecule has 0 radical (unpaired) electrons. The highest BCUT2D eigenvalue weighted by Gasteiger charge is 2.32. The van der Waals surface area contributed by atoms with Crippen LogP contribution in [0.25, 0.3) is 11.1 Å². The Morgan fingerprint density at radius 3 is 2.42 bits per heavy atom. The average molecular weight is 609 g/mol. The summed E-state index contributed by atoms with van der Waals surface area (Å²) >= 11 is 0. The molecule has 7 nitrogen and oxygen atoms in total. The third-order valence-corrected chi connectivity index (χ3v) is 10.2. The molecule has 0 bridgehead atoms. The Labute approximate surface area is 263 Å². The van der Waals surface area contributed by atoms with Crippen molar-refractivity contribution in [2.45, 2.75) is 64.0 Å². The Morgan fingerprint density at radius 1 is 0.911 bits per heavy atom. The fourth-order valence-corrected chi connectivity index (χ4v) is 7.68. The van der Waals surface area contributed by atoms with Crippen molar-refractivity contribution in [3.05, 3.63) is 110 Å². The largest absolute Gasteiger partial charge is 0.392 e. The van der Waals surface area contributed by atoms with Gasteiger partial charge in [-0.25, -0.2) is 4.39 Å². The van der Waals surface area contributed by atoms with Crippen LogP contribution in [-0.4, -0.2) is 51.7 Å². The molecule has 2 aromatic carbocycles. The third kappa shape index (κ3) is 5.55. The van der Waals surface area contributed by atoms with E-state index in [2.05, 4.69) is 40.8 Å². The topological polar surface area (TPSA) is 70.7 Å². The number of aliphatic hydroxyl groups excluding tert-OH is 1.